The number of hydrogen-bond donors (Lipinski definition) is 0. The van der Waals surface area contributed by atoms with Crippen molar-refractivity contribution in [3.05, 3.63) is 22.9 Å². The Bertz CT molecular complexity index is 403. The van der Waals surface area contributed by atoms with Gasteiger partial charge in [0.25, 0.3) is 0 Å². The number of alkyl halides is 1. The fourth-order valence-electron chi connectivity index (χ4n) is 1.89. The van der Waals surface area contributed by atoms with Gasteiger partial charge < -0.3 is 0 Å². The first kappa shape index (κ1) is 12.0. The Kier molecular flexibility index (Phi) is 3.57. The Hall–Kier alpha value is -0.510. The van der Waals surface area contributed by atoms with Crippen LogP contribution in [0.5, 0.6) is 0 Å². The summed E-state index contributed by atoms with van der Waals surface area (Å²) in [6, 6.07) is 0.482. The molecule has 0 bridgehead atoms. The van der Waals surface area contributed by atoms with E-state index in [4.69, 9.17) is 0 Å². The molecule has 0 spiro atoms. The molecular formula is C12H19BrN2O. The standard InChI is InChI=1S/C12H19BrN2O/c1-9(2)10(7-13)8-14-5-6-15(12(14)16)11-3-4-11/h5-6,9-11H,3-4,7-8H2,1-2H3. The Balaban J connectivity index is 2.12. The fraction of sp³-hybridized carbons (Fsp3) is 0.750. The Labute approximate surface area is 105 Å². The van der Waals surface area contributed by atoms with Gasteiger partial charge in [-0.2, -0.15) is 0 Å². The van der Waals surface area contributed by atoms with E-state index in [9.17, 15) is 4.79 Å². The van der Waals surface area contributed by atoms with E-state index in [0.717, 1.165) is 24.7 Å². The molecule has 1 unspecified atom stereocenters. The summed E-state index contributed by atoms with van der Waals surface area (Å²) in [7, 11) is 0. The van der Waals surface area contributed by atoms with Crippen LogP contribution in [-0.2, 0) is 6.54 Å². The van der Waals surface area contributed by atoms with Crippen LogP contribution in [0.1, 0.15) is 32.7 Å². The van der Waals surface area contributed by atoms with E-state index in [1.54, 1.807) is 0 Å². The molecule has 0 aromatic carbocycles. The number of halogens is 1. The van der Waals surface area contributed by atoms with Gasteiger partial charge in [-0.25, -0.2) is 4.79 Å². The highest BCUT2D eigenvalue weighted by atomic mass is 79.9. The second-order valence-electron chi connectivity index (χ2n) is 5.03. The molecular weight excluding hydrogens is 268 g/mol. The smallest absolute Gasteiger partial charge is 0.299 e. The first-order valence-electron chi connectivity index (χ1n) is 5.96. The molecule has 1 heterocycles. The maximum atomic E-state index is 12.0. The van der Waals surface area contributed by atoms with Gasteiger partial charge in [-0.3, -0.25) is 9.13 Å². The van der Waals surface area contributed by atoms with E-state index in [-0.39, 0.29) is 5.69 Å². The monoisotopic (exact) mass is 286 g/mol. The molecule has 3 nitrogen and oxygen atoms in total. The van der Waals surface area contributed by atoms with E-state index < -0.39 is 0 Å². The number of rotatable bonds is 5. The average Bonchev–Trinajstić information content (AvgIpc) is 3.01. The molecule has 2 rings (SSSR count). The predicted molar refractivity (Wildman–Crippen MR) is 69.1 cm³/mol. The zero-order valence-electron chi connectivity index (χ0n) is 9.90. The van der Waals surface area contributed by atoms with E-state index >= 15 is 0 Å². The molecule has 4 heteroatoms. The van der Waals surface area contributed by atoms with E-state index in [2.05, 4.69) is 29.8 Å². The van der Waals surface area contributed by atoms with Gasteiger partial charge >= 0.3 is 5.69 Å². The molecule has 1 aliphatic rings. The molecule has 1 saturated carbocycles. The van der Waals surface area contributed by atoms with Crippen molar-refractivity contribution in [3.8, 4) is 0 Å². The lowest BCUT2D eigenvalue weighted by atomic mass is 9.98. The summed E-state index contributed by atoms with van der Waals surface area (Å²) in [5, 5.41) is 0.950. The maximum Gasteiger partial charge on any atom is 0.328 e. The maximum absolute atomic E-state index is 12.0. The van der Waals surface area contributed by atoms with E-state index in [0.29, 0.717) is 17.9 Å². The quantitative estimate of drug-likeness (QED) is 0.765. The fourth-order valence-corrected chi connectivity index (χ4v) is 2.84. The lowest BCUT2D eigenvalue weighted by Gasteiger charge is -2.17. The van der Waals surface area contributed by atoms with Crippen LogP contribution >= 0.6 is 15.9 Å². The Morgan fingerprint density at radius 3 is 2.62 bits per heavy atom. The first-order chi connectivity index (χ1) is 7.63. The summed E-state index contributed by atoms with van der Waals surface area (Å²) in [4.78, 5) is 12.0. The Morgan fingerprint density at radius 2 is 2.12 bits per heavy atom. The van der Waals surface area contributed by atoms with Crippen molar-refractivity contribution >= 4 is 15.9 Å². The molecule has 16 heavy (non-hydrogen) atoms. The third-order valence-electron chi connectivity index (χ3n) is 3.39. The summed E-state index contributed by atoms with van der Waals surface area (Å²) in [5.74, 6) is 1.11. The molecule has 1 fully saturated rings. The number of aromatic nitrogens is 2. The Morgan fingerprint density at radius 1 is 1.44 bits per heavy atom. The zero-order chi connectivity index (χ0) is 11.7. The van der Waals surface area contributed by atoms with Gasteiger partial charge in [0, 0.05) is 30.3 Å². The average molecular weight is 287 g/mol. The highest BCUT2D eigenvalue weighted by molar-refractivity contribution is 9.09. The van der Waals surface area contributed by atoms with Crippen LogP contribution in [0.2, 0.25) is 0 Å². The van der Waals surface area contributed by atoms with Gasteiger partial charge in [0.15, 0.2) is 0 Å². The highest BCUT2D eigenvalue weighted by Crippen LogP contribution is 2.33. The van der Waals surface area contributed by atoms with E-state index in [1.165, 1.54) is 0 Å². The van der Waals surface area contributed by atoms with Crippen molar-refractivity contribution in [1.82, 2.24) is 9.13 Å². The van der Waals surface area contributed by atoms with Gasteiger partial charge in [-0.15, -0.1) is 0 Å². The zero-order valence-corrected chi connectivity index (χ0v) is 11.5. The number of imidazole rings is 1. The summed E-state index contributed by atoms with van der Waals surface area (Å²) in [6.45, 7) is 5.23. The molecule has 1 aliphatic carbocycles. The third kappa shape index (κ3) is 2.42. The van der Waals surface area contributed by atoms with Crippen molar-refractivity contribution < 1.29 is 0 Å². The molecule has 1 aromatic rings. The predicted octanol–water partition coefficient (Wildman–Crippen LogP) is 2.65. The van der Waals surface area contributed by atoms with Crippen molar-refractivity contribution in [3.63, 3.8) is 0 Å². The molecule has 0 saturated heterocycles. The number of nitrogens with zero attached hydrogens (tertiary/aromatic N) is 2. The summed E-state index contributed by atoms with van der Waals surface area (Å²) < 4.78 is 3.73. The van der Waals surface area contributed by atoms with E-state index in [1.807, 2.05) is 21.5 Å². The van der Waals surface area contributed by atoms with Crippen LogP contribution in [0.15, 0.2) is 17.2 Å². The summed E-state index contributed by atoms with van der Waals surface area (Å²) in [6.07, 6.45) is 6.19. The van der Waals surface area contributed by atoms with Gasteiger partial charge in [-0.05, 0) is 24.7 Å². The molecule has 1 aromatic heterocycles. The van der Waals surface area contributed by atoms with Crippen LogP contribution in [0.3, 0.4) is 0 Å². The minimum Gasteiger partial charge on any atom is -0.299 e. The van der Waals surface area contributed by atoms with Crippen molar-refractivity contribution in [2.75, 3.05) is 5.33 Å². The minimum absolute atomic E-state index is 0.161. The van der Waals surface area contributed by atoms with Crippen molar-refractivity contribution in [1.29, 1.82) is 0 Å². The van der Waals surface area contributed by atoms with Crippen molar-refractivity contribution in [2.45, 2.75) is 39.3 Å². The van der Waals surface area contributed by atoms with Crippen LogP contribution in [-0.4, -0.2) is 14.5 Å². The topological polar surface area (TPSA) is 26.9 Å². The van der Waals surface area contributed by atoms with Crippen LogP contribution in [0, 0.1) is 11.8 Å². The number of hydrogen-bond acceptors (Lipinski definition) is 1. The lowest BCUT2D eigenvalue weighted by molar-refractivity contribution is 0.367. The largest absolute Gasteiger partial charge is 0.328 e. The second kappa shape index (κ2) is 4.78. The summed E-state index contributed by atoms with van der Waals surface area (Å²) >= 11 is 3.52. The van der Waals surface area contributed by atoms with Gasteiger partial charge in [0.1, 0.15) is 0 Å². The third-order valence-corrected chi connectivity index (χ3v) is 4.22. The molecule has 0 aliphatic heterocycles. The van der Waals surface area contributed by atoms with Gasteiger partial charge in [-0.1, -0.05) is 29.8 Å². The lowest BCUT2D eigenvalue weighted by Crippen LogP contribution is -2.28. The molecule has 0 amide bonds. The van der Waals surface area contributed by atoms with Crippen LogP contribution in [0.25, 0.3) is 0 Å². The molecule has 90 valence electrons. The van der Waals surface area contributed by atoms with Gasteiger partial charge in [0.05, 0.1) is 0 Å². The van der Waals surface area contributed by atoms with Crippen LogP contribution in [0.4, 0.5) is 0 Å². The molecule has 1 atom stereocenters. The highest BCUT2D eigenvalue weighted by Gasteiger charge is 2.26. The first-order valence-corrected chi connectivity index (χ1v) is 7.09. The second-order valence-corrected chi connectivity index (χ2v) is 5.68. The molecule has 0 N–H and O–H groups in total. The minimum atomic E-state index is 0.161. The normalized spacial score (nSPS) is 18.0. The van der Waals surface area contributed by atoms with Gasteiger partial charge in [0.2, 0.25) is 0 Å². The molecule has 0 radical (unpaired) electrons. The van der Waals surface area contributed by atoms with Crippen molar-refractivity contribution in [2.24, 2.45) is 11.8 Å². The van der Waals surface area contributed by atoms with Crippen LogP contribution < -0.4 is 5.69 Å². The summed E-state index contributed by atoms with van der Waals surface area (Å²) in [5.41, 5.74) is 0.161. The SMILES string of the molecule is CC(C)C(CBr)Cn1ccn(C2CC2)c1=O.